The van der Waals surface area contributed by atoms with Crippen LogP contribution in [0.4, 0.5) is 10.1 Å². The summed E-state index contributed by atoms with van der Waals surface area (Å²) in [5.74, 6) is -0.0931. The molecule has 2 aliphatic rings. The standard InChI is InChI=1S/C11H14FN.C6H13NO/c12-10-6-2-3-7-11(10)13-8-4-1-5-9-13;1-7-4-2-6(8)3-5-7/h2-3,6-7H,1,4-5,8-9H2;6,8H,2-5H2,1H3. The summed E-state index contributed by atoms with van der Waals surface area (Å²) in [5, 5.41) is 9.00. The zero-order valence-corrected chi connectivity index (χ0v) is 13.0. The molecule has 0 amide bonds. The third kappa shape index (κ3) is 5.29. The number of benzene rings is 1. The van der Waals surface area contributed by atoms with E-state index >= 15 is 0 Å². The van der Waals surface area contributed by atoms with Gasteiger partial charge in [0.2, 0.25) is 0 Å². The van der Waals surface area contributed by atoms with Gasteiger partial charge in [0.25, 0.3) is 0 Å². The van der Waals surface area contributed by atoms with Gasteiger partial charge in [-0.05, 0) is 51.3 Å². The maximum Gasteiger partial charge on any atom is 0.146 e. The molecular formula is C17H27FN2O. The first kappa shape index (κ1) is 16.2. The number of halogens is 1. The van der Waals surface area contributed by atoms with E-state index in [1.807, 2.05) is 12.1 Å². The summed E-state index contributed by atoms with van der Waals surface area (Å²) in [7, 11) is 2.09. The Balaban J connectivity index is 0.000000173. The van der Waals surface area contributed by atoms with E-state index in [0.29, 0.717) is 0 Å². The van der Waals surface area contributed by atoms with E-state index in [1.165, 1.54) is 25.3 Å². The Morgan fingerprint density at radius 1 is 1.00 bits per heavy atom. The van der Waals surface area contributed by atoms with Crippen LogP contribution in [0.3, 0.4) is 0 Å². The highest BCUT2D eigenvalue weighted by Gasteiger charge is 2.13. The second-order valence-corrected chi connectivity index (χ2v) is 6.03. The van der Waals surface area contributed by atoms with Crippen LogP contribution in [0, 0.1) is 5.82 Å². The molecule has 2 saturated heterocycles. The predicted molar refractivity (Wildman–Crippen MR) is 85.2 cm³/mol. The van der Waals surface area contributed by atoms with Crippen molar-refractivity contribution >= 4 is 5.69 Å². The zero-order chi connectivity index (χ0) is 15.1. The molecule has 0 atom stereocenters. The van der Waals surface area contributed by atoms with E-state index in [-0.39, 0.29) is 11.9 Å². The molecule has 21 heavy (non-hydrogen) atoms. The van der Waals surface area contributed by atoms with Crippen molar-refractivity contribution in [3.63, 3.8) is 0 Å². The van der Waals surface area contributed by atoms with Crippen molar-refractivity contribution in [2.75, 3.05) is 38.1 Å². The first-order valence-corrected chi connectivity index (χ1v) is 8.03. The van der Waals surface area contributed by atoms with E-state index in [0.717, 1.165) is 44.7 Å². The molecule has 1 aromatic carbocycles. The summed E-state index contributed by atoms with van der Waals surface area (Å²) in [5.41, 5.74) is 0.766. The summed E-state index contributed by atoms with van der Waals surface area (Å²) < 4.78 is 13.3. The molecule has 3 nitrogen and oxygen atoms in total. The molecule has 1 aromatic rings. The molecule has 4 heteroatoms. The van der Waals surface area contributed by atoms with Crippen molar-refractivity contribution in [3.8, 4) is 0 Å². The van der Waals surface area contributed by atoms with Crippen molar-refractivity contribution < 1.29 is 9.50 Å². The second kappa shape index (κ2) is 8.35. The van der Waals surface area contributed by atoms with Gasteiger partial charge in [0, 0.05) is 26.2 Å². The first-order chi connectivity index (χ1) is 10.2. The maximum absolute atomic E-state index is 13.3. The lowest BCUT2D eigenvalue weighted by Gasteiger charge is -2.28. The van der Waals surface area contributed by atoms with Crippen LogP contribution in [-0.4, -0.2) is 49.3 Å². The average Bonchev–Trinajstić information content (AvgIpc) is 2.52. The number of nitrogens with zero attached hydrogens (tertiary/aromatic N) is 2. The van der Waals surface area contributed by atoms with Crippen molar-refractivity contribution in [3.05, 3.63) is 30.1 Å². The SMILES string of the molecule is CN1CCC(O)CC1.Fc1ccccc1N1CCCCC1. The van der Waals surface area contributed by atoms with Crippen molar-refractivity contribution in [2.24, 2.45) is 0 Å². The highest BCUT2D eigenvalue weighted by Crippen LogP contribution is 2.22. The molecule has 2 heterocycles. The number of piperidine rings is 2. The summed E-state index contributed by atoms with van der Waals surface area (Å²) in [4.78, 5) is 4.38. The lowest BCUT2D eigenvalue weighted by Crippen LogP contribution is -2.32. The van der Waals surface area contributed by atoms with Gasteiger partial charge in [-0.1, -0.05) is 12.1 Å². The van der Waals surface area contributed by atoms with Gasteiger partial charge in [-0.2, -0.15) is 0 Å². The monoisotopic (exact) mass is 294 g/mol. The van der Waals surface area contributed by atoms with Gasteiger partial charge < -0.3 is 14.9 Å². The fourth-order valence-corrected chi connectivity index (χ4v) is 2.84. The normalized spacial score (nSPS) is 20.8. The minimum atomic E-state index is -0.0931. The average molecular weight is 294 g/mol. The molecule has 0 bridgehead atoms. The van der Waals surface area contributed by atoms with Gasteiger partial charge >= 0.3 is 0 Å². The number of hydrogen-bond donors (Lipinski definition) is 1. The predicted octanol–water partition coefficient (Wildman–Crippen LogP) is 2.89. The number of para-hydroxylation sites is 1. The summed E-state index contributed by atoms with van der Waals surface area (Å²) in [6, 6.07) is 7.03. The van der Waals surface area contributed by atoms with Crippen LogP contribution in [-0.2, 0) is 0 Å². The number of aliphatic hydroxyl groups is 1. The number of likely N-dealkylation sites (tertiary alicyclic amines) is 1. The highest BCUT2D eigenvalue weighted by atomic mass is 19.1. The quantitative estimate of drug-likeness (QED) is 0.863. The molecule has 0 radical (unpaired) electrons. The molecule has 2 fully saturated rings. The Hall–Kier alpha value is -1.13. The van der Waals surface area contributed by atoms with Crippen LogP contribution in [0.15, 0.2) is 24.3 Å². The number of hydrogen-bond acceptors (Lipinski definition) is 3. The van der Waals surface area contributed by atoms with E-state index in [4.69, 9.17) is 5.11 Å². The molecule has 2 aliphatic heterocycles. The Kier molecular flexibility index (Phi) is 6.46. The van der Waals surface area contributed by atoms with Crippen LogP contribution in [0.25, 0.3) is 0 Å². The Morgan fingerprint density at radius 3 is 2.19 bits per heavy atom. The number of anilines is 1. The smallest absolute Gasteiger partial charge is 0.146 e. The van der Waals surface area contributed by atoms with Crippen LogP contribution < -0.4 is 4.90 Å². The molecule has 0 spiro atoms. The van der Waals surface area contributed by atoms with Crippen molar-refractivity contribution in [2.45, 2.75) is 38.2 Å². The molecular weight excluding hydrogens is 267 g/mol. The zero-order valence-electron chi connectivity index (χ0n) is 13.0. The van der Waals surface area contributed by atoms with Crippen LogP contribution in [0.2, 0.25) is 0 Å². The van der Waals surface area contributed by atoms with Crippen LogP contribution >= 0.6 is 0 Å². The minimum Gasteiger partial charge on any atom is -0.393 e. The Bertz CT molecular complexity index is 403. The number of aliphatic hydroxyl groups excluding tert-OH is 1. The minimum absolute atomic E-state index is 0.0220. The third-order valence-electron chi connectivity index (χ3n) is 4.24. The fourth-order valence-electron chi connectivity index (χ4n) is 2.84. The first-order valence-electron chi connectivity index (χ1n) is 8.03. The molecule has 118 valence electrons. The topological polar surface area (TPSA) is 26.7 Å². The van der Waals surface area contributed by atoms with Gasteiger partial charge in [0.05, 0.1) is 11.8 Å². The molecule has 0 unspecified atom stereocenters. The van der Waals surface area contributed by atoms with E-state index < -0.39 is 0 Å². The lowest BCUT2D eigenvalue weighted by atomic mass is 10.1. The van der Waals surface area contributed by atoms with Gasteiger partial charge in [-0.25, -0.2) is 4.39 Å². The van der Waals surface area contributed by atoms with Crippen LogP contribution in [0.5, 0.6) is 0 Å². The molecule has 0 saturated carbocycles. The summed E-state index contributed by atoms with van der Waals surface area (Å²) in [6.07, 6.45) is 5.55. The molecule has 1 N–H and O–H groups in total. The van der Waals surface area contributed by atoms with E-state index in [9.17, 15) is 4.39 Å². The van der Waals surface area contributed by atoms with Gasteiger partial charge in [0.1, 0.15) is 5.82 Å². The maximum atomic E-state index is 13.3. The van der Waals surface area contributed by atoms with Crippen molar-refractivity contribution in [1.29, 1.82) is 0 Å². The molecule has 3 rings (SSSR count). The van der Waals surface area contributed by atoms with Crippen LogP contribution in [0.1, 0.15) is 32.1 Å². The Labute approximate surface area is 127 Å². The van der Waals surface area contributed by atoms with Crippen molar-refractivity contribution in [1.82, 2.24) is 4.90 Å². The van der Waals surface area contributed by atoms with Gasteiger partial charge in [-0.3, -0.25) is 0 Å². The number of rotatable bonds is 1. The molecule has 0 aliphatic carbocycles. The van der Waals surface area contributed by atoms with E-state index in [2.05, 4.69) is 16.8 Å². The Morgan fingerprint density at radius 2 is 1.62 bits per heavy atom. The fraction of sp³-hybridized carbons (Fsp3) is 0.647. The second-order valence-electron chi connectivity index (χ2n) is 6.03. The van der Waals surface area contributed by atoms with Gasteiger partial charge in [-0.15, -0.1) is 0 Å². The summed E-state index contributed by atoms with van der Waals surface area (Å²) >= 11 is 0. The van der Waals surface area contributed by atoms with E-state index in [1.54, 1.807) is 6.07 Å². The largest absolute Gasteiger partial charge is 0.393 e. The lowest BCUT2D eigenvalue weighted by molar-refractivity contribution is 0.0943. The third-order valence-corrected chi connectivity index (χ3v) is 4.24. The highest BCUT2D eigenvalue weighted by molar-refractivity contribution is 5.47. The molecule has 0 aromatic heterocycles. The van der Waals surface area contributed by atoms with Gasteiger partial charge in [0.15, 0.2) is 0 Å². The summed E-state index contributed by atoms with van der Waals surface area (Å²) in [6.45, 7) is 4.12.